The molecule has 0 aliphatic carbocycles. The van der Waals surface area contributed by atoms with Crippen LogP contribution in [-0.2, 0) is 35.3 Å². The molecule has 40 heavy (non-hydrogen) atoms. The fourth-order valence-corrected chi connectivity index (χ4v) is 3.18. The van der Waals surface area contributed by atoms with E-state index in [2.05, 4.69) is 21.3 Å². The molecule has 0 heterocycles. The summed E-state index contributed by atoms with van der Waals surface area (Å²) < 4.78 is 10.3. The van der Waals surface area contributed by atoms with E-state index in [1.165, 1.54) is 38.1 Å². The molecule has 14 heteroatoms. The maximum atomic E-state index is 12.7. The molecule has 0 unspecified atom stereocenters. The highest BCUT2D eigenvalue weighted by atomic mass is 16.6. The fraction of sp³-hybridized carbons (Fsp3) is 0.577. The van der Waals surface area contributed by atoms with E-state index in [0.29, 0.717) is 5.56 Å². The van der Waals surface area contributed by atoms with E-state index in [1.807, 2.05) is 13.8 Å². The van der Waals surface area contributed by atoms with E-state index in [9.17, 15) is 34.1 Å². The lowest BCUT2D eigenvalue weighted by molar-refractivity contribution is -0.384. The van der Waals surface area contributed by atoms with Crippen molar-refractivity contribution in [2.24, 2.45) is 5.92 Å². The van der Waals surface area contributed by atoms with Crippen molar-refractivity contribution in [1.82, 2.24) is 21.3 Å². The van der Waals surface area contributed by atoms with Gasteiger partial charge in [0.1, 0.15) is 30.3 Å². The van der Waals surface area contributed by atoms with Crippen molar-refractivity contribution in [1.29, 1.82) is 0 Å². The lowest BCUT2D eigenvalue weighted by Crippen LogP contribution is -2.54. The number of carbonyl (C=O) groups excluding carboxylic acids is 5. The van der Waals surface area contributed by atoms with Crippen molar-refractivity contribution < 1.29 is 38.4 Å². The largest absolute Gasteiger partial charge is 0.459 e. The van der Waals surface area contributed by atoms with Gasteiger partial charge in [-0.1, -0.05) is 13.8 Å². The number of esters is 1. The summed E-state index contributed by atoms with van der Waals surface area (Å²) in [6.07, 6.45) is -0.513. The molecule has 1 rings (SSSR count). The van der Waals surface area contributed by atoms with Gasteiger partial charge >= 0.3 is 12.1 Å². The van der Waals surface area contributed by atoms with Gasteiger partial charge in [0, 0.05) is 12.1 Å². The molecule has 1 aromatic rings. The molecule has 0 aliphatic rings. The normalized spacial score (nSPS) is 13.3. The average molecular weight is 566 g/mol. The molecular formula is C26H39N5O9. The number of alkyl carbamates (subject to hydrolysis) is 1. The topological polar surface area (TPSA) is 195 Å². The first-order valence-electron chi connectivity index (χ1n) is 12.8. The molecule has 0 radical (unpaired) electrons. The van der Waals surface area contributed by atoms with Crippen LogP contribution in [-0.4, -0.2) is 65.0 Å². The lowest BCUT2D eigenvalue weighted by atomic mass is 10.0. The molecule has 222 valence electrons. The summed E-state index contributed by atoms with van der Waals surface area (Å²) >= 11 is 0. The highest BCUT2D eigenvalue weighted by Gasteiger charge is 2.27. The number of ether oxygens (including phenoxy) is 2. The molecule has 0 spiro atoms. The zero-order valence-corrected chi connectivity index (χ0v) is 23.9. The first-order valence-corrected chi connectivity index (χ1v) is 12.8. The molecule has 0 aromatic heterocycles. The Morgan fingerprint density at radius 2 is 1.50 bits per heavy atom. The van der Waals surface area contributed by atoms with Crippen LogP contribution in [0.5, 0.6) is 0 Å². The molecule has 4 N–H and O–H groups in total. The Morgan fingerprint density at radius 3 is 2.02 bits per heavy atom. The second kappa shape index (κ2) is 15.4. The molecule has 0 saturated carbocycles. The van der Waals surface area contributed by atoms with Crippen LogP contribution in [0.4, 0.5) is 10.5 Å². The minimum absolute atomic E-state index is 0.0181. The number of nitro groups is 1. The predicted octanol–water partition coefficient (Wildman–Crippen LogP) is 1.70. The Labute approximate surface area is 233 Å². The Hall–Kier alpha value is -4.23. The van der Waals surface area contributed by atoms with Gasteiger partial charge in [-0.2, -0.15) is 0 Å². The zero-order valence-electron chi connectivity index (χ0n) is 23.9. The molecule has 3 atom stereocenters. The molecule has 0 bridgehead atoms. The van der Waals surface area contributed by atoms with Crippen LogP contribution < -0.4 is 21.3 Å². The van der Waals surface area contributed by atoms with Gasteiger partial charge < -0.3 is 30.7 Å². The lowest BCUT2D eigenvalue weighted by Gasteiger charge is -2.24. The minimum Gasteiger partial charge on any atom is -0.459 e. The van der Waals surface area contributed by atoms with Crippen LogP contribution in [0.2, 0.25) is 0 Å². The number of nitrogens with one attached hydrogen (secondary N) is 4. The standard InChI is InChI=1S/C26H39N5O9/c1-15(2)12-20(30-22(33)16(3)29-25(36)40-26(5,6)7)23(34)27-13-21(32)28-17(4)24(35)39-14-18-8-10-19(11-9-18)31(37)38/h8-11,15-17,20H,12-14H2,1-7H3,(H,27,34)(H,28,32)(H,29,36)(H,30,33)/t16-,17-,20+/m1/s1. The molecule has 0 fully saturated rings. The van der Waals surface area contributed by atoms with Gasteiger partial charge in [0.2, 0.25) is 17.7 Å². The van der Waals surface area contributed by atoms with Gasteiger partial charge in [-0.3, -0.25) is 24.5 Å². The third kappa shape index (κ3) is 13.0. The van der Waals surface area contributed by atoms with Gasteiger partial charge in [0.05, 0.1) is 11.5 Å². The molecule has 4 amide bonds. The van der Waals surface area contributed by atoms with Gasteiger partial charge in [-0.05, 0) is 64.7 Å². The quantitative estimate of drug-likeness (QED) is 0.156. The number of nitro benzene ring substituents is 1. The van der Waals surface area contributed by atoms with Crippen molar-refractivity contribution in [3.05, 3.63) is 39.9 Å². The van der Waals surface area contributed by atoms with Crippen molar-refractivity contribution in [3.8, 4) is 0 Å². The second-order valence-electron chi connectivity index (χ2n) is 10.6. The molecule has 1 aromatic carbocycles. The number of carbonyl (C=O) groups is 5. The SMILES string of the molecule is CC(C)C[C@H](NC(=O)[C@@H](C)NC(=O)OC(C)(C)C)C(=O)NCC(=O)N[C@H](C)C(=O)OCc1ccc([N+](=O)[O-])cc1. The van der Waals surface area contributed by atoms with Crippen molar-refractivity contribution >= 4 is 35.5 Å². The molecular weight excluding hydrogens is 526 g/mol. The van der Waals surface area contributed by atoms with Crippen molar-refractivity contribution in [2.75, 3.05) is 6.54 Å². The Morgan fingerprint density at radius 1 is 0.900 bits per heavy atom. The van der Waals surface area contributed by atoms with Crippen molar-refractivity contribution in [2.45, 2.75) is 85.2 Å². The van der Waals surface area contributed by atoms with Gasteiger partial charge in [0.25, 0.3) is 5.69 Å². The third-order valence-corrected chi connectivity index (χ3v) is 5.15. The maximum absolute atomic E-state index is 12.7. The van der Waals surface area contributed by atoms with E-state index in [-0.39, 0.29) is 24.6 Å². The summed E-state index contributed by atoms with van der Waals surface area (Å²) in [5.74, 6) is -2.61. The summed E-state index contributed by atoms with van der Waals surface area (Å²) in [5, 5.41) is 20.5. The summed E-state index contributed by atoms with van der Waals surface area (Å²) in [4.78, 5) is 72.0. The van der Waals surface area contributed by atoms with Gasteiger partial charge in [0.15, 0.2) is 0 Å². The minimum atomic E-state index is -1.03. The van der Waals surface area contributed by atoms with E-state index >= 15 is 0 Å². The number of hydrogen-bond donors (Lipinski definition) is 4. The van der Waals surface area contributed by atoms with Crippen molar-refractivity contribution in [3.63, 3.8) is 0 Å². The van der Waals surface area contributed by atoms with Crippen LogP contribution in [0.1, 0.15) is 60.5 Å². The third-order valence-electron chi connectivity index (χ3n) is 5.15. The monoisotopic (exact) mass is 565 g/mol. The first-order chi connectivity index (χ1) is 18.5. The van der Waals surface area contributed by atoms with Crippen LogP contribution >= 0.6 is 0 Å². The average Bonchev–Trinajstić information content (AvgIpc) is 2.83. The molecule has 0 saturated heterocycles. The fourth-order valence-electron chi connectivity index (χ4n) is 3.18. The summed E-state index contributed by atoms with van der Waals surface area (Å²) in [6.45, 7) is 11.0. The molecule has 0 aliphatic heterocycles. The summed E-state index contributed by atoms with van der Waals surface area (Å²) in [7, 11) is 0. The first kappa shape index (κ1) is 33.8. The van der Waals surface area contributed by atoms with E-state index < -0.39 is 65.0 Å². The number of rotatable bonds is 13. The van der Waals surface area contributed by atoms with E-state index in [4.69, 9.17) is 9.47 Å². The van der Waals surface area contributed by atoms with E-state index in [0.717, 1.165) is 0 Å². The van der Waals surface area contributed by atoms with Gasteiger partial charge in [-0.25, -0.2) is 9.59 Å². The van der Waals surface area contributed by atoms with Gasteiger partial charge in [-0.15, -0.1) is 0 Å². The summed E-state index contributed by atoms with van der Waals surface area (Å²) in [5.41, 5.74) is -0.318. The highest BCUT2D eigenvalue weighted by molar-refractivity contribution is 5.93. The summed E-state index contributed by atoms with van der Waals surface area (Å²) in [6, 6.07) is 2.46. The number of nitrogens with zero attached hydrogens (tertiary/aromatic N) is 1. The Kier molecular flexibility index (Phi) is 13.0. The number of benzene rings is 1. The Balaban J connectivity index is 2.57. The van der Waals surface area contributed by atoms with Crippen LogP contribution in [0, 0.1) is 16.0 Å². The highest BCUT2D eigenvalue weighted by Crippen LogP contribution is 2.13. The van der Waals surface area contributed by atoms with Crippen LogP contribution in [0.3, 0.4) is 0 Å². The smallest absolute Gasteiger partial charge is 0.408 e. The molecule has 14 nitrogen and oxygen atoms in total. The number of hydrogen-bond acceptors (Lipinski definition) is 9. The predicted molar refractivity (Wildman–Crippen MR) is 144 cm³/mol. The van der Waals surface area contributed by atoms with Crippen LogP contribution in [0.25, 0.3) is 0 Å². The maximum Gasteiger partial charge on any atom is 0.408 e. The number of non-ortho nitro benzene ring substituents is 1. The number of amides is 4. The Bertz CT molecular complexity index is 1070. The zero-order chi connectivity index (χ0) is 30.6. The van der Waals surface area contributed by atoms with Crippen LogP contribution in [0.15, 0.2) is 24.3 Å². The second-order valence-corrected chi connectivity index (χ2v) is 10.6. The van der Waals surface area contributed by atoms with E-state index in [1.54, 1.807) is 20.8 Å².